The molecule has 0 aromatic heterocycles. The first-order valence-electron chi connectivity index (χ1n) is 7.89. The summed E-state index contributed by atoms with van der Waals surface area (Å²) in [6.07, 6.45) is 0. The lowest BCUT2D eigenvalue weighted by molar-refractivity contribution is -0.141. The molecule has 0 fully saturated rings. The van der Waals surface area contributed by atoms with Gasteiger partial charge in [-0.1, -0.05) is 0 Å². The monoisotopic (exact) mass is 375 g/mol. The van der Waals surface area contributed by atoms with Gasteiger partial charge in [0.25, 0.3) is 5.91 Å². The Morgan fingerprint density at radius 2 is 1.70 bits per heavy atom. The lowest BCUT2D eigenvalue weighted by Crippen LogP contribution is -2.31. The maximum absolute atomic E-state index is 13.3. The van der Waals surface area contributed by atoms with Gasteiger partial charge in [0, 0.05) is 5.56 Å². The number of halogens is 1. The quantitative estimate of drug-likeness (QED) is 0.561. The minimum Gasteiger partial charge on any atom is -0.497 e. The van der Waals surface area contributed by atoms with Gasteiger partial charge in [0.2, 0.25) is 5.78 Å². The van der Waals surface area contributed by atoms with Crippen LogP contribution in [0.1, 0.15) is 20.7 Å². The van der Waals surface area contributed by atoms with Crippen molar-refractivity contribution in [3.05, 3.63) is 59.4 Å². The molecule has 0 aliphatic carbocycles. The fourth-order valence-corrected chi connectivity index (χ4v) is 2.17. The second-order valence-electron chi connectivity index (χ2n) is 5.34. The number of hydrogen-bond acceptors (Lipinski definition) is 6. The van der Waals surface area contributed by atoms with Gasteiger partial charge < -0.3 is 19.5 Å². The van der Waals surface area contributed by atoms with Gasteiger partial charge in [-0.15, -0.1) is 0 Å². The van der Waals surface area contributed by atoms with Crippen molar-refractivity contribution in [2.24, 2.45) is 0 Å². The second kappa shape index (κ2) is 9.33. The summed E-state index contributed by atoms with van der Waals surface area (Å²) in [5.74, 6) is -1.76. The number of carbonyl (C=O) groups excluding carboxylic acids is 3. The van der Waals surface area contributed by atoms with E-state index in [1.807, 2.05) is 0 Å². The molecule has 0 spiro atoms. The van der Waals surface area contributed by atoms with E-state index in [1.165, 1.54) is 20.3 Å². The molecule has 0 aliphatic rings. The third-order valence-electron chi connectivity index (χ3n) is 3.57. The molecule has 0 radical (unpaired) electrons. The number of methoxy groups -OCH3 is 2. The van der Waals surface area contributed by atoms with Crippen LogP contribution in [0.15, 0.2) is 42.5 Å². The number of hydrogen-bond donors (Lipinski definition) is 1. The average Bonchev–Trinajstić information content (AvgIpc) is 2.70. The average molecular weight is 375 g/mol. The van der Waals surface area contributed by atoms with Gasteiger partial charge >= 0.3 is 5.97 Å². The molecule has 7 nitrogen and oxygen atoms in total. The maximum Gasteiger partial charge on any atom is 0.325 e. The van der Waals surface area contributed by atoms with Crippen molar-refractivity contribution in [3.8, 4) is 11.5 Å². The van der Waals surface area contributed by atoms with Crippen LogP contribution in [-0.2, 0) is 9.53 Å². The first kappa shape index (κ1) is 19.9. The topological polar surface area (TPSA) is 90.9 Å². The summed E-state index contributed by atoms with van der Waals surface area (Å²) in [6.45, 7) is -1.02. The van der Waals surface area contributed by atoms with E-state index in [4.69, 9.17) is 14.2 Å². The molecule has 0 saturated carbocycles. The number of carbonyl (C=O) groups is 3. The second-order valence-corrected chi connectivity index (χ2v) is 5.34. The van der Waals surface area contributed by atoms with Crippen molar-refractivity contribution < 1.29 is 33.0 Å². The van der Waals surface area contributed by atoms with Gasteiger partial charge in [-0.25, -0.2) is 4.39 Å². The highest BCUT2D eigenvalue weighted by atomic mass is 19.1. The van der Waals surface area contributed by atoms with Crippen LogP contribution in [-0.4, -0.2) is 45.0 Å². The van der Waals surface area contributed by atoms with E-state index in [0.717, 1.165) is 12.1 Å². The number of ketones is 1. The van der Waals surface area contributed by atoms with Crippen LogP contribution < -0.4 is 14.8 Å². The molecule has 27 heavy (non-hydrogen) atoms. The Labute approximate surface area is 155 Å². The predicted molar refractivity (Wildman–Crippen MR) is 93.6 cm³/mol. The molecule has 0 aliphatic heterocycles. The van der Waals surface area contributed by atoms with Crippen molar-refractivity contribution in [2.45, 2.75) is 0 Å². The highest BCUT2D eigenvalue weighted by Gasteiger charge is 2.16. The summed E-state index contributed by atoms with van der Waals surface area (Å²) in [4.78, 5) is 35.7. The summed E-state index contributed by atoms with van der Waals surface area (Å²) in [5.41, 5.74) is 0.303. The molecule has 1 amide bonds. The molecule has 8 heteroatoms. The molecular weight excluding hydrogens is 357 g/mol. The Morgan fingerprint density at radius 3 is 2.33 bits per heavy atom. The molecular formula is C19H18FNO6. The third-order valence-corrected chi connectivity index (χ3v) is 3.57. The van der Waals surface area contributed by atoms with Crippen LogP contribution in [0, 0.1) is 5.82 Å². The highest BCUT2D eigenvalue weighted by Crippen LogP contribution is 2.19. The zero-order chi connectivity index (χ0) is 19.8. The van der Waals surface area contributed by atoms with Gasteiger partial charge in [-0.3, -0.25) is 14.4 Å². The zero-order valence-corrected chi connectivity index (χ0v) is 14.8. The zero-order valence-electron chi connectivity index (χ0n) is 14.8. The molecule has 1 N–H and O–H groups in total. The first-order valence-corrected chi connectivity index (χ1v) is 7.89. The maximum atomic E-state index is 13.3. The summed E-state index contributed by atoms with van der Waals surface area (Å²) >= 11 is 0. The standard InChI is InChI=1S/C19H18FNO6/c1-25-14-6-3-12(4-7-14)19(24)21-10-18(23)27-11-16(22)15-9-13(20)5-8-17(15)26-2/h3-9H,10-11H2,1-2H3,(H,21,24). The smallest absolute Gasteiger partial charge is 0.325 e. The Balaban J connectivity index is 1.84. The lowest BCUT2D eigenvalue weighted by Gasteiger charge is -2.09. The number of nitrogens with one attached hydrogen (secondary N) is 1. The van der Waals surface area contributed by atoms with Gasteiger partial charge in [-0.05, 0) is 42.5 Å². The summed E-state index contributed by atoms with van der Waals surface area (Å²) in [7, 11) is 2.84. The van der Waals surface area contributed by atoms with E-state index in [-0.39, 0.29) is 11.3 Å². The Hall–Kier alpha value is -3.42. The van der Waals surface area contributed by atoms with Crippen LogP contribution in [0.25, 0.3) is 0 Å². The largest absolute Gasteiger partial charge is 0.497 e. The third kappa shape index (κ3) is 5.53. The van der Waals surface area contributed by atoms with Crippen molar-refractivity contribution in [3.63, 3.8) is 0 Å². The Kier molecular flexibility index (Phi) is 6.87. The van der Waals surface area contributed by atoms with Crippen LogP contribution >= 0.6 is 0 Å². The summed E-state index contributed by atoms with van der Waals surface area (Å²) in [5, 5.41) is 2.38. The molecule has 0 bridgehead atoms. The van der Waals surface area contributed by atoms with Crippen LogP contribution in [0.5, 0.6) is 11.5 Å². The molecule has 2 aromatic carbocycles. The van der Waals surface area contributed by atoms with Gasteiger partial charge in [0.05, 0.1) is 19.8 Å². The van der Waals surface area contributed by atoms with E-state index in [2.05, 4.69) is 5.32 Å². The van der Waals surface area contributed by atoms with Crippen molar-refractivity contribution in [2.75, 3.05) is 27.4 Å². The van der Waals surface area contributed by atoms with Crippen LogP contribution in [0.4, 0.5) is 4.39 Å². The van der Waals surface area contributed by atoms with Gasteiger partial charge in [0.1, 0.15) is 23.9 Å². The number of amides is 1. The molecule has 2 aromatic rings. The van der Waals surface area contributed by atoms with Crippen molar-refractivity contribution >= 4 is 17.7 Å². The van der Waals surface area contributed by atoms with Crippen LogP contribution in [0.3, 0.4) is 0 Å². The van der Waals surface area contributed by atoms with Crippen LogP contribution in [0.2, 0.25) is 0 Å². The Morgan fingerprint density at radius 1 is 1.00 bits per heavy atom. The molecule has 0 atom stereocenters. The van der Waals surface area contributed by atoms with E-state index < -0.39 is 36.6 Å². The molecule has 0 heterocycles. The number of esters is 1. The Bertz CT molecular complexity index is 835. The highest BCUT2D eigenvalue weighted by molar-refractivity contribution is 6.00. The van der Waals surface area contributed by atoms with Crippen molar-refractivity contribution in [1.29, 1.82) is 0 Å². The van der Waals surface area contributed by atoms with E-state index in [9.17, 15) is 18.8 Å². The fourth-order valence-electron chi connectivity index (χ4n) is 2.17. The SMILES string of the molecule is COc1ccc(C(=O)NCC(=O)OCC(=O)c2cc(F)ccc2OC)cc1. The fraction of sp³-hybridized carbons (Fsp3) is 0.211. The lowest BCUT2D eigenvalue weighted by atomic mass is 10.1. The molecule has 2 rings (SSSR count). The minimum absolute atomic E-state index is 0.0347. The number of benzene rings is 2. The minimum atomic E-state index is -0.805. The first-order chi connectivity index (χ1) is 12.9. The van der Waals surface area contributed by atoms with E-state index >= 15 is 0 Å². The molecule has 0 unspecified atom stereocenters. The molecule has 0 saturated heterocycles. The number of rotatable bonds is 8. The van der Waals surface area contributed by atoms with E-state index in [0.29, 0.717) is 11.3 Å². The number of ether oxygens (including phenoxy) is 3. The van der Waals surface area contributed by atoms with Crippen molar-refractivity contribution in [1.82, 2.24) is 5.32 Å². The predicted octanol–water partition coefficient (Wildman–Crippen LogP) is 2.00. The van der Waals surface area contributed by atoms with Gasteiger partial charge in [-0.2, -0.15) is 0 Å². The summed E-state index contributed by atoms with van der Waals surface area (Å²) in [6, 6.07) is 9.76. The normalized spacial score (nSPS) is 10.0. The summed E-state index contributed by atoms with van der Waals surface area (Å²) < 4.78 is 28.1. The number of Topliss-reactive ketones (excluding diaryl/α,β-unsaturated/α-hetero) is 1. The van der Waals surface area contributed by atoms with E-state index in [1.54, 1.807) is 24.3 Å². The molecule has 142 valence electrons. The van der Waals surface area contributed by atoms with Gasteiger partial charge in [0.15, 0.2) is 6.61 Å².